The average molecular weight is 407 g/mol. The van der Waals surface area contributed by atoms with Gasteiger partial charge in [0.05, 0.1) is 0 Å². The van der Waals surface area contributed by atoms with E-state index in [1.807, 2.05) is 12.1 Å². The van der Waals surface area contributed by atoms with Crippen molar-refractivity contribution in [2.75, 3.05) is 0 Å². The number of ether oxygens (including phenoxy) is 1. The first-order chi connectivity index (χ1) is 14.7. The van der Waals surface area contributed by atoms with Gasteiger partial charge in [-0.1, -0.05) is 83.1 Å². The fourth-order valence-corrected chi connectivity index (χ4v) is 4.44. The van der Waals surface area contributed by atoms with E-state index < -0.39 is 0 Å². The Morgan fingerprint density at radius 2 is 1.70 bits per heavy atom. The molecule has 0 amide bonds. The predicted molar refractivity (Wildman–Crippen MR) is 128 cm³/mol. The fourth-order valence-electron chi connectivity index (χ4n) is 4.44. The summed E-state index contributed by atoms with van der Waals surface area (Å²) in [5.41, 5.74) is 2.84. The number of benzene rings is 2. The quantitative estimate of drug-likeness (QED) is 0.212. The van der Waals surface area contributed by atoms with Crippen LogP contribution in [0.3, 0.4) is 0 Å². The number of carbonyl (C=O) groups excluding carboxylic acids is 1. The van der Waals surface area contributed by atoms with E-state index in [-0.39, 0.29) is 5.97 Å². The van der Waals surface area contributed by atoms with E-state index in [9.17, 15) is 4.79 Å². The molecule has 3 rings (SSSR count). The van der Waals surface area contributed by atoms with Crippen LogP contribution in [-0.2, 0) is 4.79 Å². The molecule has 1 aliphatic carbocycles. The van der Waals surface area contributed by atoms with Gasteiger partial charge in [0.2, 0.25) is 0 Å². The molecule has 2 aromatic rings. The summed E-state index contributed by atoms with van der Waals surface area (Å²) in [7, 11) is 0. The Kier molecular flexibility index (Phi) is 8.99. The first-order valence-electron chi connectivity index (χ1n) is 12.1. The molecule has 0 spiro atoms. The third kappa shape index (κ3) is 6.72. The van der Waals surface area contributed by atoms with Crippen molar-refractivity contribution in [2.24, 2.45) is 5.92 Å². The average Bonchev–Trinajstić information content (AvgIpc) is 2.77. The van der Waals surface area contributed by atoms with Gasteiger partial charge in [0.15, 0.2) is 0 Å². The molecule has 0 aliphatic heterocycles. The lowest BCUT2D eigenvalue weighted by atomic mass is 9.83. The van der Waals surface area contributed by atoms with Crippen LogP contribution in [0.4, 0.5) is 0 Å². The lowest BCUT2D eigenvalue weighted by molar-refractivity contribution is -0.134. The Labute approximate surface area is 182 Å². The molecule has 1 atom stereocenters. The van der Waals surface area contributed by atoms with Gasteiger partial charge in [-0.3, -0.25) is 4.79 Å². The smallest absolute Gasteiger partial charge is 0.311 e. The monoisotopic (exact) mass is 406 g/mol. The first kappa shape index (κ1) is 22.6. The van der Waals surface area contributed by atoms with E-state index in [1.54, 1.807) is 0 Å². The molecule has 2 heteroatoms. The highest BCUT2D eigenvalue weighted by Gasteiger charge is 2.15. The highest BCUT2D eigenvalue weighted by Crippen LogP contribution is 2.34. The Balaban J connectivity index is 1.56. The molecule has 1 aliphatic rings. The van der Waals surface area contributed by atoms with E-state index in [0.717, 1.165) is 24.1 Å². The summed E-state index contributed by atoms with van der Waals surface area (Å²) in [5.74, 6) is 1.39. The fraction of sp³-hybridized carbons (Fsp3) is 0.536. The second kappa shape index (κ2) is 11.9. The number of esters is 1. The summed E-state index contributed by atoms with van der Waals surface area (Å²) in [5, 5.41) is 2.33. The maximum atomic E-state index is 11.9. The van der Waals surface area contributed by atoms with Crippen molar-refractivity contribution < 1.29 is 9.53 Å². The molecule has 0 bridgehead atoms. The second-order valence-electron chi connectivity index (χ2n) is 8.87. The Morgan fingerprint density at radius 3 is 2.47 bits per heavy atom. The molecule has 0 saturated carbocycles. The number of allylic oxidation sites excluding steroid dienone is 2. The van der Waals surface area contributed by atoms with Crippen LogP contribution in [0.1, 0.15) is 96.5 Å². The molecule has 162 valence electrons. The van der Waals surface area contributed by atoms with Crippen LogP contribution in [0.25, 0.3) is 16.3 Å². The molecule has 0 heterocycles. The number of hydrogen-bond acceptors (Lipinski definition) is 2. The van der Waals surface area contributed by atoms with Gasteiger partial charge in [0, 0.05) is 6.42 Å². The van der Waals surface area contributed by atoms with Gasteiger partial charge in [-0.25, -0.2) is 0 Å². The van der Waals surface area contributed by atoms with Crippen LogP contribution in [0.15, 0.2) is 42.5 Å². The van der Waals surface area contributed by atoms with Crippen molar-refractivity contribution in [2.45, 2.75) is 90.9 Å². The van der Waals surface area contributed by atoms with Crippen LogP contribution in [0.5, 0.6) is 5.75 Å². The van der Waals surface area contributed by atoms with E-state index in [0.29, 0.717) is 12.2 Å². The molecule has 1 unspecified atom stereocenters. The third-order valence-corrected chi connectivity index (χ3v) is 6.38. The van der Waals surface area contributed by atoms with Crippen molar-refractivity contribution in [1.29, 1.82) is 0 Å². The summed E-state index contributed by atoms with van der Waals surface area (Å²) in [6.45, 7) is 4.36. The molecule has 0 radical (unpaired) electrons. The largest absolute Gasteiger partial charge is 0.427 e. The van der Waals surface area contributed by atoms with Gasteiger partial charge in [-0.15, -0.1) is 0 Å². The van der Waals surface area contributed by atoms with E-state index >= 15 is 0 Å². The van der Waals surface area contributed by atoms with Gasteiger partial charge < -0.3 is 4.74 Å². The standard InChI is InChI=1S/C28H38O2/c1-3-5-7-8-9-10-22-12-14-23(15-13-22)24-16-17-26-21-27(19-18-25(26)20-24)30-28(29)11-6-4-2/h14,16-22H,3-13,15H2,1-2H3. The molecule has 2 nitrogen and oxygen atoms in total. The predicted octanol–water partition coefficient (Wildman–Crippen LogP) is 8.48. The number of hydrogen-bond donors (Lipinski definition) is 0. The second-order valence-corrected chi connectivity index (χ2v) is 8.87. The van der Waals surface area contributed by atoms with Crippen LogP contribution in [0.2, 0.25) is 0 Å². The van der Waals surface area contributed by atoms with E-state index in [2.05, 4.69) is 44.2 Å². The summed E-state index contributed by atoms with van der Waals surface area (Å²) in [6, 6.07) is 12.6. The number of fused-ring (bicyclic) bond motifs is 1. The minimum Gasteiger partial charge on any atom is -0.427 e. The van der Waals surface area contributed by atoms with Crippen LogP contribution in [-0.4, -0.2) is 5.97 Å². The van der Waals surface area contributed by atoms with Crippen molar-refractivity contribution >= 4 is 22.3 Å². The molecule has 2 aromatic carbocycles. The van der Waals surface area contributed by atoms with Crippen molar-refractivity contribution in [1.82, 2.24) is 0 Å². The topological polar surface area (TPSA) is 26.3 Å². The van der Waals surface area contributed by atoms with Crippen molar-refractivity contribution in [3.05, 3.63) is 48.0 Å². The van der Waals surface area contributed by atoms with Gasteiger partial charge in [0.25, 0.3) is 0 Å². The van der Waals surface area contributed by atoms with Crippen molar-refractivity contribution in [3.8, 4) is 5.75 Å². The molecular formula is C28H38O2. The lowest BCUT2D eigenvalue weighted by Crippen LogP contribution is -2.07. The maximum absolute atomic E-state index is 11.9. The molecule has 0 N–H and O–H groups in total. The van der Waals surface area contributed by atoms with Crippen LogP contribution in [0, 0.1) is 5.92 Å². The number of rotatable bonds is 11. The first-order valence-corrected chi connectivity index (χ1v) is 12.1. The van der Waals surface area contributed by atoms with Crippen LogP contribution < -0.4 is 4.74 Å². The van der Waals surface area contributed by atoms with E-state index in [1.165, 1.54) is 74.3 Å². The Bertz CT molecular complexity index is 849. The minimum atomic E-state index is -0.139. The van der Waals surface area contributed by atoms with E-state index in [4.69, 9.17) is 4.74 Å². The lowest BCUT2D eigenvalue weighted by Gasteiger charge is -2.22. The SMILES string of the molecule is CCCCCCCC1CC=C(c2ccc3cc(OC(=O)CCCC)ccc3c2)CC1. The molecule has 0 aromatic heterocycles. The van der Waals surface area contributed by atoms with Gasteiger partial charge in [-0.2, -0.15) is 0 Å². The normalized spacial score (nSPS) is 16.5. The third-order valence-electron chi connectivity index (χ3n) is 6.38. The maximum Gasteiger partial charge on any atom is 0.311 e. The Morgan fingerprint density at radius 1 is 0.933 bits per heavy atom. The zero-order valence-electron chi connectivity index (χ0n) is 18.9. The van der Waals surface area contributed by atoms with Gasteiger partial charge in [-0.05, 0) is 71.7 Å². The summed E-state index contributed by atoms with van der Waals surface area (Å²) >= 11 is 0. The van der Waals surface area contributed by atoms with Gasteiger partial charge in [0.1, 0.15) is 5.75 Å². The molecule has 0 saturated heterocycles. The summed E-state index contributed by atoms with van der Waals surface area (Å²) in [6.07, 6.45) is 16.9. The minimum absolute atomic E-state index is 0.139. The van der Waals surface area contributed by atoms with Crippen LogP contribution >= 0.6 is 0 Å². The molecular weight excluding hydrogens is 368 g/mol. The molecule has 30 heavy (non-hydrogen) atoms. The van der Waals surface area contributed by atoms with Gasteiger partial charge >= 0.3 is 5.97 Å². The highest BCUT2D eigenvalue weighted by molar-refractivity contribution is 5.88. The van der Waals surface area contributed by atoms with Crippen molar-refractivity contribution in [3.63, 3.8) is 0 Å². The number of carbonyl (C=O) groups is 1. The summed E-state index contributed by atoms with van der Waals surface area (Å²) < 4.78 is 5.49. The zero-order valence-corrected chi connectivity index (χ0v) is 18.9. The molecule has 0 fully saturated rings. The highest BCUT2D eigenvalue weighted by atomic mass is 16.5. The summed E-state index contributed by atoms with van der Waals surface area (Å²) in [4.78, 5) is 11.9. The Hall–Kier alpha value is -2.09. The number of unbranched alkanes of at least 4 members (excludes halogenated alkanes) is 5. The zero-order chi connectivity index (χ0) is 21.2.